The average molecular weight is 427 g/mol. The van der Waals surface area contributed by atoms with E-state index in [4.69, 9.17) is 9.47 Å². The Bertz CT molecular complexity index is 768. The number of hydrogen-bond acceptors (Lipinski definition) is 2. The largest absolute Gasteiger partial charge is 0.491 e. The predicted molar refractivity (Wildman–Crippen MR) is 132 cm³/mol. The molecule has 2 aromatic rings. The van der Waals surface area contributed by atoms with Gasteiger partial charge in [0.25, 0.3) is 0 Å². The van der Waals surface area contributed by atoms with Crippen LogP contribution in [-0.2, 0) is 16.7 Å². The van der Waals surface area contributed by atoms with Gasteiger partial charge in [0, 0.05) is 5.56 Å². The van der Waals surface area contributed by atoms with Gasteiger partial charge in [0.2, 0.25) is 0 Å². The molecule has 0 aliphatic heterocycles. The van der Waals surface area contributed by atoms with Gasteiger partial charge in [0.05, 0.1) is 27.3 Å². The summed E-state index contributed by atoms with van der Waals surface area (Å²) in [5, 5.41) is 0. The van der Waals surface area contributed by atoms with E-state index in [1.807, 2.05) is 0 Å². The van der Waals surface area contributed by atoms with Crippen LogP contribution in [0.2, 0.25) is 0 Å². The number of ether oxygens (including phenoxy) is 2. The monoisotopic (exact) mass is 426 g/mol. The zero-order valence-corrected chi connectivity index (χ0v) is 20.7. The van der Waals surface area contributed by atoms with Crippen LogP contribution in [0.25, 0.3) is 0 Å². The van der Waals surface area contributed by atoms with Gasteiger partial charge in [-0.1, -0.05) is 82.5 Å². The summed E-state index contributed by atoms with van der Waals surface area (Å²) < 4.78 is 12.9. The molecule has 0 N–H and O–H groups in total. The molecule has 0 radical (unpaired) electrons. The van der Waals surface area contributed by atoms with Crippen molar-refractivity contribution in [2.24, 2.45) is 0 Å². The molecule has 0 aliphatic rings. The lowest BCUT2D eigenvalue weighted by Crippen LogP contribution is -2.41. The zero-order chi connectivity index (χ0) is 22.7. The summed E-state index contributed by atoms with van der Waals surface area (Å²) in [5.41, 5.74) is 4.10. The Morgan fingerprint density at radius 1 is 0.903 bits per heavy atom. The van der Waals surface area contributed by atoms with Crippen molar-refractivity contribution in [3.63, 3.8) is 0 Å². The molecule has 0 aliphatic carbocycles. The molecule has 0 spiro atoms. The summed E-state index contributed by atoms with van der Waals surface area (Å²) in [4.78, 5) is 0. The Balaban J connectivity index is 1.75. The summed E-state index contributed by atoms with van der Waals surface area (Å²) in [6.07, 6.45) is 5.06. The molecule has 2 rings (SSSR count). The van der Waals surface area contributed by atoms with Crippen molar-refractivity contribution in [3.05, 3.63) is 65.2 Å². The van der Waals surface area contributed by atoms with Crippen LogP contribution >= 0.6 is 0 Å². The number of hydrogen-bond donors (Lipinski definition) is 0. The lowest BCUT2D eigenvalue weighted by Gasteiger charge is -2.29. The third kappa shape index (κ3) is 9.04. The normalized spacial score (nSPS) is 12.2. The molecule has 0 saturated heterocycles. The van der Waals surface area contributed by atoms with Crippen LogP contribution in [-0.4, -0.2) is 44.9 Å². The molecule has 0 heterocycles. The van der Waals surface area contributed by atoms with Gasteiger partial charge in [-0.15, -0.1) is 0 Å². The fraction of sp³-hybridized carbons (Fsp3) is 0.571. The summed E-state index contributed by atoms with van der Waals surface area (Å²) in [5.74, 6) is 0.991. The third-order valence-corrected chi connectivity index (χ3v) is 6.15. The summed E-state index contributed by atoms with van der Waals surface area (Å²) in [6, 6.07) is 17.3. The first-order chi connectivity index (χ1) is 14.7. The Morgan fingerprint density at radius 3 is 2.35 bits per heavy atom. The minimum Gasteiger partial charge on any atom is -0.491 e. The molecule has 0 unspecified atom stereocenters. The van der Waals surface area contributed by atoms with Crippen molar-refractivity contribution in [1.29, 1.82) is 0 Å². The van der Waals surface area contributed by atoms with Crippen LogP contribution < -0.4 is 4.74 Å². The molecule has 0 saturated carbocycles. The van der Waals surface area contributed by atoms with E-state index in [0.29, 0.717) is 13.2 Å². The van der Waals surface area contributed by atoms with E-state index in [1.165, 1.54) is 42.4 Å². The maximum absolute atomic E-state index is 6.10. The minimum absolute atomic E-state index is 0.180. The van der Waals surface area contributed by atoms with Crippen molar-refractivity contribution in [3.8, 4) is 5.75 Å². The average Bonchev–Trinajstić information content (AvgIpc) is 2.72. The van der Waals surface area contributed by atoms with Gasteiger partial charge in [-0.3, -0.25) is 0 Å². The zero-order valence-electron chi connectivity index (χ0n) is 20.7. The summed E-state index contributed by atoms with van der Waals surface area (Å²) in [7, 11) is 4.51. The molecule has 0 atom stereocenters. The number of benzene rings is 2. The number of aryl methyl sites for hydroxylation is 1. The van der Waals surface area contributed by atoms with E-state index in [1.54, 1.807) is 0 Å². The van der Waals surface area contributed by atoms with Crippen LogP contribution in [0.1, 0.15) is 63.1 Å². The Kier molecular flexibility index (Phi) is 10.1. The number of likely N-dealkylation sites (N-methyl/N-ethyl adjacent to an activating group) is 1. The highest BCUT2D eigenvalue weighted by atomic mass is 16.5. The van der Waals surface area contributed by atoms with E-state index in [9.17, 15) is 0 Å². The molecule has 172 valence electrons. The first kappa shape index (κ1) is 25.4. The Morgan fingerprint density at radius 2 is 1.65 bits per heavy atom. The molecular formula is C28H44NO2+. The predicted octanol–water partition coefficient (Wildman–Crippen LogP) is 6.52. The molecule has 3 nitrogen and oxygen atoms in total. The maximum Gasteiger partial charge on any atom is 0.122 e. The second-order valence-corrected chi connectivity index (χ2v) is 10.1. The summed E-state index contributed by atoms with van der Waals surface area (Å²) in [6.45, 7) is 13.0. The van der Waals surface area contributed by atoms with Crippen molar-refractivity contribution in [2.75, 3.05) is 40.5 Å². The van der Waals surface area contributed by atoms with Crippen LogP contribution in [0, 0.1) is 6.92 Å². The number of rotatable bonds is 14. The van der Waals surface area contributed by atoms with Crippen LogP contribution in [0.3, 0.4) is 0 Å². The van der Waals surface area contributed by atoms with Gasteiger partial charge in [-0.05, 0) is 36.0 Å². The Hall–Kier alpha value is -1.84. The number of quaternary nitrogens is 1. The Labute approximate surface area is 191 Å². The SMILES string of the molecule is CCCCCC(C)(C)c1ccc(C)c(OCCOCC[N+](C)(C)Cc2ccccc2)c1. The molecule has 3 heteroatoms. The fourth-order valence-electron chi connectivity index (χ4n) is 3.92. The van der Waals surface area contributed by atoms with Crippen molar-refractivity contribution in [2.45, 2.75) is 65.3 Å². The minimum atomic E-state index is 0.180. The lowest BCUT2D eigenvalue weighted by molar-refractivity contribution is -0.904. The van der Waals surface area contributed by atoms with Gasteiger partial charge >= 0.3 is 0 Å². The smallest absolute Gasteiger partial charge is 0.122 e. The van der Waals surface area contributed by atoms with E-state index in [2.05, 4.69) is 90.3 Å². The van der Waals surface area contributed by atoms with E-state index in [0.717, 1.165) is 29.9 Å². The molecule has 31 heavy (non-hydrogen) atoms. The second-order valence-electron chi connectivity index (χ2n) is 10.1. The first-order valence-electron chi connectivity index (χ1n) is 11.9. The number of nitrogens with zero attached hydrogens (tertiary/aromatic N) is 1. The van der Waals surface area contributed by atoms with E-state index in [-0.39, 0.29) is 5.41 Å². The topological polar surface area (TPSA) is 18.5 Å². The van der Waals surface area contributed by atoms with Gasteiger partial charge in [-0.25, -0.2) is 0 Å². The van der Waals surface area contributed by atoms with Crippen LogP contribution in [0.5, 0.6) is 5.75 Å². The maximum atomic E-state index is 6.10. The molecule has 0 bridgehead atoms. The second kappa shape index (κ2) is 12.3. The number of unbranched alkanes of at least 4 members (excludes halogenated alkanes) is 2. The molecule has 0 aromatic heterocycles. The third-order valence-electron chi connectivity index (χ3n) is 6.15. The quantitative estimate of drug-likeness (QED) is 0.253. The molecular weight excluding hydrogens is 382 g/mol. The van der Waals surface area contributed by atoms with Crippen LogP contribution in [0.15, 0.2) is 48.5 Å². The highest BCUT2D eigenvalue weighted by Gasteiger charge is 2.21. The van der Waals surface area contributed by atoms with Gasteiger partial charge in [0.1, 0.15) is 25.4 Å². The van der Waals surface area contributed by atoms with Gasteiger partial charge in [0.15, 0.2) is 0 Å². The van der Waals surface area contributed by atoms with E-state index < -0.39 is 0 Å². The van der Waals surface area contributed by atoms with Crippen molar-refractivity contribution >= 4 is 0 Å². The van der Waals surface area contributed by atoms with Crippen molar-refractivity contribution in [1.82, 2.24) is 0 Å². The lowest BCUT2D eigenvalue weighted by atomic mass is 9.79. The highest BCUT2D eigenvalue weighted by Crippen LogP contribution is 2.32. The highest BCUT2D eigenvalue weighted by molar-refractivity contribution is 5.39. The molecule has 2 aromatic carbocycles. The molecule has 0 fully saturated rings. The summed E-state index contributed by atoms with van der Waals surface area (Å²) >= 11 is 0. The van der Waals surface area contributed by atoms with Crippen molar-refractivity contribution < 1.29 is 14.0 Å². The van der Waals surface area contributed by atoms with Crippen LogP contribution in [0.4, 0.5) is 0 Å². The van der Waals surface area contributed by atoms with E-state index >= 15 is 0 Å². The molecule has 0 amide bonds. The first-order valence-corrected chi connectivity index (χ1v) is 11.9. The standard InChI is InChI=1S/C28H44NO2/c1-7-8-12-17-28(3,4)26-16-15-24(2)27(22-26)31-21-20-30-19-18-29(5,6)23-25-13-10-9-11-14-25/h9-11,13-16,22H,7-8,12,17-21,23H2,1-6H3/q+1. The van der Waals surface area contributed by atoms with Gasteiger partial charge < -0.3 is 14.0 Å². The van der Waals surface area contributed by atoms with Gasteiger partial charge in [-0.2, -0.15) is 0 Å². The fourth-order valence-corrected chi connectivity index (χ4v) is 3.92.